The number of β-amino-alcohol motifs (C(OH)–C–C–N with tert-alkyl or cyclic N) is 1. The Balaban J connectivity index is 1.13. The van der Waals surface area contributed by atoms with Crippen LogP contribution in [0.5, 0.6) is 5.75 Å². The molecule has 0 bridgehead atoms. The Labute approximate surface area is 278 Å². The molecule has 2 fully saturated rings. The van der Waals surface area contributed by atoms with Crippen LogP contribution in [0.3, 0.4) is 0 Å². The molecule has 2 aromatic carbocycles. The quantitative estimate of drug-likeness (QED) is 0.158. The number of hydrogen-bond acceptors (Lipinski definition) is 8. The normalized spacial score (nSPS) is 16.2. The Morgan fingerprint density at radius 3 is 2.48 bits per heavy atom. The number of carbonyl (C=O) groups excluding carboxylic acids is 1. The zero-order valence-electron chi connectivity index (χ0n) is 23.7. The summed E-state index contributed by atoms with van der Waals surface area (Å²) >= 11 is 17.1. The van der Waals surface area contributed by atoms with Gasteiger partial charge >= 0.3 is 0 Å². The number of ether oxygens (including phenoxy) is 1. The van der Waals surface area contributed by atoms with Crippen molar-refractivity contribution in [3.63, 3.8) is 0 Å². The van der Waals surface area contributed by atoms with Crippen LogP contribution in [0.15, 0.2) is 47.1 Å². The molecule has 16 heteroatoms. The van der Waals surface area contributed by atoms with Crippen molar-refractivity contribution in [1.82, 2.24) is 15.5 Å². The van der Waals surface area contributed by atoms with E-state index in [0.717, 1.165) is 31.0 Å². The maximum Gasteiger partial charge on any atom is 0.252 e. The number of aliphatic hydroxyl groups is 1. The number of nitrogens with zero attached hydrogens (tertiary/aromatic N) is 3. The van der Waals surface area contributed by atoms with E-state index in [1.807, 2.05) is 0 Å². The maximum atomic E-state index is 14.9. The zero-order chi connectivity index (χ0) is 32.7. The van der Waals surface area contributed by atoms with Gasteiger partial charge in [0.1, 0.15) is 35.2 Å². The second-order valence-electron chi connectivity index (χ2n) is 11.0. The van der Waals surface area contributed by atoms with E-state index in [4.69, 9.17) is 48.6 Å². The number of hydrogen-bond donors (Lipinski definition) is 3. The van der Waals surface area contributed by atoms with Crippen molar-refractivity contribution in [3.05, 3.63) is 91.7 Å². The van der Waals surface area contributed by atoms with Gasteiger partial charge in [-0.05, 0) is 43.2 Å². The topological polar surface area (TPSA) is 138 Å². The molecule has 1 amide bonds. The van der Waals surface area contributed by atoms with Gasteiger partial charge in [-0.3, -0.25) is 4.79 Å². The molecule has 6 rings (SSSR count). The summed E-state index contributed by atoms with van der Waals surface area (Å²) in [5, 5.41) is 18.3. The minimum atomic E-state index is -2.07. The Kier molecular flexibility index (Phi) is 9.25. The first-order chi connectivity index (χ1) is 21.9. The molecule has 1 aliphatic heterocycles. The summed E-state index contributed by atoms with van der Waals surface area (Å²) in [5.74, 6) is -0.972. The van der Waals surface area contributed by atoms with E-state index in [1.165, 1.54) is 11.1 Å². The van der Waals surface area contributed by atoms with Crippen molar-refractivity contribution in [2.24, 2.45) is 0 Å². The molecule has 10 nitrogen and oxygen atoms in total. The molecule has 2 aliphatic rings. The number of rotatable bonds is 11. The number of anilines is 1. The highest BCUT2D eigenvalue weighted by molar-refractivity contribution is 7.79. The molecule has 1 aliphatic carbocycles. The molecular formula is C30H25Cl3F2N4O6S. The highest BCUT2D eigenvalue weighted by atomic mass is 35.5. The van der Waals surface area contributed by atoms with Crippen LogP contribution in [-0.2, 0) is 23.3 Å². The third-order valence-electron chi connectivity index (χ3n) is 7.69. The van der Waals surface area contributed by atoms with Crippen LogP contribution < -0.4 is 15.0 Å². The smallest absolute Gasteiger partial charge is 0.252 e. The minimum Gasteiger partial charge on any atom is -0.489 e. The molecule has 1 saturated carbocycles. The molecule has 1 atom stereocenters. The largest absolute Gasteiger partial charge is 0.489 e. The predicted octanol–water partition coefficient (Wildman–Crippen LogP) is 6.09. The average molecular weight is 714 g/mol. The van der Waals surface area contributed by atoms with Gasteiger partial charge in [-0.15, -0.1) is 0 Å². The van der Waals surface area contributed by atoms with Crippen LogP contribution in [-0.4, -0.2) is 55.3 Å². The van der Waals surface area contributed by atoms with E-state index < -0.39 is 34.2 Å². The lowest BCUT2D eigenvalue weighted by Crippen LogP contribution is -2.60. The summed E-state index contributed by atoms with van der Waals surface area (Å²) in [4.78, 5) is 17.7. The first kappa shape index (κ1) is 32.6. The van der Waals surface area contributed by atoms with Crippen molar-refractivity contribution in [2.75, 3.05) is 30.3 Å². The summed E-state index contributed by atoms with van der Waals surface area (Å²) < 4.78 is 59.9. The summed E-state index contributed by atoms with van der Waals surface area (Å²) in [6, 6.07) is 8.12. The van der Waals surface area contributed by atoms with E-state index in [0.29, 0.717) is 33.9 Å². The molecular weight excluding hydrogens is 689 g/mol. The predicted molar refractivity (Wildman–Crippen MR) is 168 cm³/mol. The Morgan fingerprint density at radius 1 is 1.13 bits per heavy atom. The zero-order valence-corrected chi connectivity index (χ0v) is 26.8. The molecule has 4 aromatic rings. The standard InChI is InChI=1S/C30H25Cl3F2N4O6S/c31-21-10-18(44-12-19-26(38-45-27(19)15-1-2-15)25-22(32)8-17(34)9-23(25)33)3-4-20(21)30(41)13-39(14-30)28-24(35)7-16(11-37-28)29(40)36-5-6-46(42)43/h3-4,7-11,15,41H,1-2,5-6,12-14H2,(H,36,40)(H,42,43). The van der Waals surface area contributed by atoms with E-state index in [2.05, 4.69) is 15.5 Å². The molecule has 0 radical (unpaired) electrons. The highest BCUT2D eigenvalue weighted by Gasteiger charge is 2.45. The third-order valence-corrected chi connectivity index (χ3v) is 9.15. The van der Waals surface area contributed by atoms with E-state index >= 15 is 0 Å². The second-order valence-corrected chi connectivity index (χ2v) is 13.3. The Morgan fingerprint density at radius 2 is 1.85 bits per heavy atom. The van der Waals surface area contributed by atoms with Gasteiger partial charge in [0.2, 0.25) is 0 Å². The van der Waals surface area contributed by atoms with Gasteiger partial charge in [0.15, 0.2) is 22.7 Å². The molecule has 2 aromatic heterocycles. The maximum absolute atomic E-state index is 14.9. The van der Waals surface area contributed by atoms with Gasteiger partial charge in [0, 0.05) is 29.8 Å². The van der Waals surface area contributed by atoms with Crippen molar-refractivity contribution in [3.8, 4) is 17.0 Å². The lowest BCUT2D eigenvalue weighted by atomic mass is 9.86. The van der Waals surface area contributed by atoms with Crippen LogP contribution >= 0.6 is 34.8 Å². The van der Waals surface area contributed by atoms with Crippen molar-refractivity contribution in [2.45, 2.75) is 31.0 Å². The minimum absolute atomic E-state index is 0.0152. The molecule has 46 heavy (non-hydrogen) atoms. The lowest BCUT2D eigenvalue weighted by molar-refractivity contribution is 0.00671. The van der Waals surface area contributed by atoms with Crippen LogP contribution in [0.25, 0.3) is 11.3 Å². The highest BCUT2D eigenvalue weighted by Crippen LogP contribution is 2.46. The number of pyridine rings is 1. The van der Waals surface area contributed by atoms with Gasteiger partial charge in [-0.25, -0.2) is 18.0 Å². The number of halogens is 5. The Bertz CT molecular complexity index is 1830. The Hall–Kier alpha value is -3.33. The van der Waals surface area contributed by atoms with E-state index in [1.54, 1.807) is 18.2 Å². The number of carbonyl (C=O) groups is 1. The van der Waals surface area contributed by atoms with Crippen LogP contribution in [0.1, 0.15) is 46.0 Å². The number of benzene rings is 2. The van der Waals surface area contributed by atoms with Gasteiger partial charge in [-0.1, -0.05) is 46.0 Å². The molecule has 1 unspecified atom stereocenters. The van der Waals surface area contributed by atoms with Gasteiger partial charge < -0.3 is 29.1 Å². The lowest BCUT2D eigenvalue weighted by Gasteiger charge is -2.47. The second kappa shape index (κ2) is 13.1. The van der Waals surface area contributed by atoms with Gasteiger partial charge in [0.25, 0.3) is 5.91 Å². The molecule has 242 valence electrons. The first-order valence-corrected chi connectivity index (χ1v) is 16.4. The van der Waals surface area contributed by atoms with E-state index in [9.17, 15) is 22.9 Å². The third kappa shape index (κ3) is 6.71. The van der Waals surface area contributed by atoms with Crippen LogP contribution in [0.4, 0.5) is 14.6 Å². The van der Waals surface area contributed by atoms with Crippen molar-refractivity contribution >= 4 is 57.6 Å². The summed E-state index contributed by atoms with van der Waals surface area (Å²) in [6.07, 6.45) is 3.04. The van der Waals surface area contributed by atoms with Gasteiger partial charge in [0.05, 0.1) is 45.0 Å². The fourth-order valence-corrected chi connectivity index (χ4v) is 6.52. The SMILES string of the molecule is O=C(NCCS(=O)O)c1cnc(N2CC(O)(c3ccc(OCc4c(-c5c(Cl)cc(F)cc5Cl)noc4C4CC4)cc3Cl)C2)c(F)c1. The van der Waals surface area contributed by atoms with Crippen LogP contribution in [0.2, 0.25) is 15.1 Å². The fraction of sp³-hybridized carbons (Fsp3) is 0.300. The monoisotopic (exact) mass is 712 g/mol. The number of aromatic nitrogens is 2. The van der Waals surface area contributed by atoms with Crippen LogP contribution in [0, 0.1) is 11.6 Å². The van der Waals surface area contributed by atoms with Gasteiger partial charge in [-0.2, -0.15) is 0 Å². The summed E-state index contributed by atoms with van der Waals surface area (Å²) in [7, 11) is 0. The molecule has 1 saturated heterocycles. The fourth-order valence-electron chi connectivity index (χ4n) is 5.26. The molecule has 3 N–H and O–H groups in total. The molecule has 3 heterocycles. The first-order valence-electron chi connectivity index (χ1n) is 14.0. The summed E-state index contributed by atoms with van der Waals surface area (Å²) in [6.45, 7) is -0.0580. The van der Waals surface area contributed by atoms with Crippen molar-refractivity contribution < 1.29 is 36.7 Å². The van der Waals surface area contributed by atoms with Crippen molar-refractivity contribution in [1.29, 1.82) is 0 Å². The van der Waals surface area contributed by atoms with E-state index in [-0.39, 0.29) is 64.4 Å². The number of nitrogens with one attached hydrogen (secondary N) is 1. The molecule has 0 spiro atoms. The number of amides is 1. The average Bonchev–Trinajstić information content (AvgIpc) is 3.74. The summed E-state index contributed by atoms with van der Waals surface area (Å²) in [5.41, 5.74) is 0.278.